The van der Waals surface area contributed by atoms with E-state index in [9.17, 15) is 13.2 Å². The van der Waals surface area contributed by atoms with Crippen molar-refractivity contribution in [2.45, 2.75) is 17.7 Å². The first-order valence-corrected chi connectivity index (χ1v) is 7.44. The molecule has 19 heavy (non-hydrogen) atoms. The van der Waals surface area contributed by atoms with Gasteiger partial charge in [0.25, 0.3) is 0 Å². The number of rotatable bonds is 5. The molecule has 0 aromatic heterocycles. The van der Waals surface area contributed by atoms with Crippen molar-refractivity contribution < 1.29 is 13.2 Å². The van der Waals surface area contributed by atoms with Gasteiger partial charge in [-0.25, -0.2) is 13.1 Å². The second-order valence-electron chi connectivity index (χ2n) is 4.40. The molecule has 1 heterocycles. The molecule has 1 amide bonds. The van der Waals surface area contributed by atoms with Gasteiger partial charge in [-0.15, -0.1) is 6.58 Å². The van der Waals surface area contributed by atoms with Gasteiger partial charge in [0.05, 0.1) is 11.3 Å². The summed E-state index contributed by atoms with van der Waals surface area (Å²) < 4.78 is 26.5. The number of fused-ring (bicyclic) bond motifs is 1. The number of benzene rings is 1. The van der Waals surface area contributed by atoms with Crippen LogP contribution >= 0.6 is 0 Å². The lowest BCUT2D eigenvalue weighted by Gasteiger charge is -2.11. The van der Waals surface area contributed by atoms with Crippen LogP contribution in [0.5, 0.6) is 0 Å². The van der Waals surface area contributed by atoms with Crippen molar-refractivity contribution >= 4 is 21.6 Å². The van der Waals surface area contributed by atoms with Crippen molar-refractivity contribution in [3.63, 3.8) is 0 Å². The summed E-state index contributed by atoms with van der Waals surface area (Å²) in [5, 5.41) is 0. The molecule has 0 fully saturated rings. The lowest BCUT2D eigenvalue weighted by atomic mass is 10.2. The van der Waals surface area contributed by atoms with E-state index in [1.54, 1.807) is 25.3 Å². The summed E-state index contributed by atoms with van der Waals surface area (Å²) in [5.74, 6) is -0.0239. The van der Waals surface area contributed by atoms with E-state index >= 15 is 0 Å². The Labute approximate surface area is 113 Å². The van der Waals surface area contributed by atoms with Crippen molar-refractivity contribution in [1.82, 2.24) is 4.72 Å². The van der Waals surface area contributed by atoms with Crippen LogP contribution in [-0.2, 0) is 21.2 Å². The fraction of sp³-hybridized carbons (Fsp3) is 0.308. The molecule has 0 radical (unpaired) electrons. The molecule has 1 aliphatic heterocycles. The Morgan fingerprint density at radius 3 is 2.89 bits per heavy atom. The highest BCUT2D eigenvalue weighted by molar-refractivity contribution is 7.89. The van der Waals surface area contributed by atoms with Crippen molar-refractivity contribution in [2.75, 3.05) is 18.5 Å². The summed E-state index contributed by atoms with van der Waals surface area (Å²) in [7, 11) is -1.83. The second-order valence-corrected chi connectivity index (χ2v) is 6.16. The largest absolute Gasteiger partial charge is 0.315 e. The molecular formula is C13H16N2O3S. The molecule has 102 valence electrons. The fourth-order valence-electron chi connectivity index (χ4n) is 1.99. The molecule has 0 atom stereocenters. The highest BCUT2D eigenvalue weighted by Crippen LogP contribution is 2.29. The molecule has 6 heteroatoms. The van der Waals surface area contributed by atoms with Crippen molar-refractivity contribution in [1.29, 1.82) is 0 Å². The maximum Gasteiger partial charge on any atom is 0.240 e. The summed E-state index contributed by atoms with van der Waals surface area (Å²) in [6, 6.07) is 4.75. The van der Waals surface area contributed by atoms with Crippen molar-refractivity contribution in [2.24, 2.45) is 0 Å². The van der Waals surface area contributed by atoms with Gasteiger partial charge in [0.1, 0.15) is 0 Å². The Hall–Kier alpha value is -1.66. The molecule has 5 nitrogen and oxygen atoms in total. The number of hydrogen-bond donors (Lipinski definition) is 1. The Bertz CT molecular complexity index is 623. The van der Waals surface area contributed by atoms with E-state index < -0.39 is 10.0 Å². The molecule has 0 bridgehead atoms. The topological polar surface area (TPSA) is 66.5 Å². The minimum absolute atomic E-state index is 0.0239. The third kappa shape index (κ3) is 2.69. The first-order chi connectivity index (χ1) is 8.95. The van der Waals surface area contributed by atoms with E-state index in [2.05, 4.69) is 11.3 Å². The number of likely N-dealkylation sites (N-methyl/N-ethyl adjacent to an activating group) is 1. The number of nitrogens with one attached hydrogen (secondary N) is 1. The summed E-state index contributed by atoms with van der Waals surface area (Å²) in [5.41, 5.74) is 1.52. The number of sulfonamides is 1. The third-order valence-corrected chi connectivity index (χ3v) is 4.54. The summed E-state index contributed by atoms with van der Waals surface area (Å²) in [6.45, 7) is 3.86. The molecule has 0 saturated carbocycles. The molecule has 1 aromatic rings. The molecule has 1 aliphatic rings. The molecule has 0 spiro atoms. The number of amides is 1. The average Bonchev–Trinajstić information content (AvgIpc) is 2.65. The number of carbonyl (C=O) groups excluding carboxylic acids is 1. The van der Waals surface area contributed by atoms with Crippen LogP contribution in [0.25, 0.3) is 0 Å². The minimum Gasteiger partial charge on any atom is -0.315 e. The summed E-state index contributed by atoms with van der Waals surface area (Å²) >= 11 is 0. The van der Waals surface area contributed by atoms with Crippen LogP contribution in [0, 0.1) is 0 Å². The first-order valence-electron chi connectivity index (χ1n) is 5.96. The van der Waals surface area contributed by atoms with Crippen LogP contribution in [0.3, 0.4) is 0 Å². The molecule has 2 rings (SSSR count). The van der Waals surface area contributed by atoms with E-state index in [1.165, 1.54) is 11.0 Å². The number of carbonyl (C=O) groups is 1. The number of anilines is 1. The molecule has 0 aliphatic carbocycles. The lowest BCUT2D eigenvalue weighted by molar-refractivity contribution is -0.117. The third-order valence-electron chi connectivity index (χ3n) is 3.08. The van der Waals surface area contributed by atoms with Gasteiger partial charge in [-0.1, -0.05) is 6.08 Å². The van der Waals surface area contributed by atoms with Gasteiger partial charge < -0.3 is 4.90 Å². The molecule has 0 unspecified atom stereocenters. The quantitative estimate of drug-likeness (QED) is 0.648. The van der Waals surface area contributed by atoms with E-state index in [4.69, 9.17) is 0 Å². The standard InChI is InChI=1S/C13H16N2O3S/c1-3-4-7-14-19(17,18)11-5-6-12-10(8-11)9-13(16)15(12)2/h3,5-6,8,14H,1,4,7,9H2,2H3. The van der Waals surface area contributed by atoms with Crippen LogP contribution in [0.15, 0.2) is 35.7 Å². The Morgan fingerprint density at radius 2 is 2.21 bits per heavy atom. The van der Waals surface area contributed by atoms with Crippen LogP contribution in [0.4, 0.5) is 5.69 Å². The van der Waals surface area contributed by atoms with Gasteiger partial charge >= 0.3 is 0 Å². The number of nitrogens with zero attached hydrogens (tertiary/aromatic N) is 1. The van der Waals surface area contributed by atoms with Gasteiger partial charge in [-0.05, 0) is 30.2 Å². The van der Waals surface area contributed by atoms with E-state index in [-0.39, 0.29) is 17.2 Å². The first kappa shape index (κ1) is 13.8. The highest BCUT2D eigenvalue weighted by Gasteiger charge is 2.25. The predicted molar refractivity (Wildman–Crippen MR) is 73.6 cm³/mol. The Balaban J connectivity index is 2.26. The molecule has 0 saturated heterocycles. The van der Waals surface area contributed by atoms with E-state index in [1.807, 2.05) is 0 Å². The highest BCUT2D eigenvalue weighted by atomic mass is 32.2. The number of hydrogen-bond acceptors (Lipinski definition) is 3. The van der Waals surface area contributed by atoms with E-state index in [0.29, 0.717) is 13.0 Å². The SMILES string of the molecule is C=CCCNS(=O)(=O)c1ccc2c(c1)CC(=O)N2C. The van der Waals surface area contributed by atoms with Gasteiger partial charge in [0, 0.05) is 19.3 Å². The molecular weight excluding hydrogens is 264 g/mol. The van der Waals surface area contributed by atoms with Crippen LogP contribution in [-0.4, -0.2) is 27.9 Å². The monoisotopic (exact) mass is 280 g/mol. The maximum atomic E-state index is 12.0. The second kappa shape index (κ2) is 5.14. The lowest BCUT2D eigenvalue weighted by Crippen LogP contribution is -2.24. The molecule has 1 aromatic carbocycles. The normalized spacial score (nSPS) is 14.6. The van der Waals surface area contributed by atoms with E-state index in [0.717, 1.165) is 11.3 Å². The van der Waals surface area contributed by atoms with Gasteiger partial charge in [-0.3, -0.25) is 4.79 Å². The predicted octanol–water partition coefficient (Wildman–Crippen LogP) is 1.06. The van der Waals surface area contributed by atoms with Crippen molar-refractivity contribution in [3.05, 3.63) is 36.4 Å². The fourth-order valence-corrected chi connectivity index (χ4v) is 3.09. The zero-order valence-electron chi connectivity index (χ0n) is 10.7. The summed E-state index contributed by atoms with van der Waals surface area (Å²) in [4.78, 5) is 13.3. The average molecular weight is 280 g/mol. The Morgan fingerprint density at radius 1 is 1.47 bits per heavy atom. The van der Waals surface area contributed by atoms with Crippen LogP contribution in [0.2, 0.25) is 0 Å². The minimum atomic E-state index is -3.52. The summed E-state index contributed by atoms with van der Waals surface area (Å²) in [6.07, 6.45) is 2.48. The zero-order chi connectivity index (χ0) is 14.0. The Kier molecular flexibility index (Phi) is 3.73. The molecule has 1 N–H and O–H groups in total. The van der Waals surface area contributed by atoms with Gasteiger partial charge in [-0.2, -0.15) is 0 Å². The van der Waals surface area contributed by atoms with Crippen LogP contribution in [0.1, 0.15) is 12.0 Å². The van der Waals surface area contributed by atoms with Crippen molar-refractivity contribution in [3.8, 4) is 0 Å². The van der Waals surface area contributed by atoms with Gasteiger partial charge in [0.2, 0.25) is 15.9 Å². The maximum absolute atomic E-state index is 12.0. The zero-order valence-corrected chi connectivity index (χ0v) is 11.5. The smallest absolute Gasteiger partial charge is 0.240 e. The van der Waals surface area contributed by atoms with Crippen LogP contribution < -0.4 is 9.62 Å². The van der Waals surface area contributed by atoms with Gasteiger partial charge in [0.15, 0.2) is 0 Å².